The normalized spacial score (nSPS) is 10.4. The zero-order valence-electron chi connectivity index (χ0n) is 18.0. The van der Waals surface area contributed by atoms with Crippen LogP contribution in [0.15, 0.2) is 78.9 Å². The number of rotatable bonds is 7. The van der Waals surface area contributed by atoms with Crippen molar-refractivity contribution in [3.63, 3.8) is 0 Å². The van der Waals surface area contributed by atoms with Crippen LogP contribution in [0.4, 0.5) is 11.9 Å². The molecule has 0 unspecified atom stereocenters. The van der Waals surface area contributed by atoms with Crippen molar-refractivity contribution in [3.05, 3.63) is 90.0 Å². The maximum absolute atomic E-state index is 12.8. The fourth-order valence-corrected chi connectivity index (χ4v) is 3.07. The molecule has 2 N–H and O–H groups in total. The van der Waals surface area contributed by atoms with Gasteiger partial charge in [0.15, 0.2) is 0 Å². The van der Waals surface area contributed by atoms with Crippen molar-refractivity contribution in [2.24, 2.45) is 0 Å². The fourth-order valence-electron chi connectivity index (χ4n) is 3.07. The molecular weight excluding hydrogens is 422 g/mol. The van der Waals surface area contributed by atoms with Gasteiger partial charge >= 0.3 is 0 Å². The minimum absolute atomic E-state index is 0.0348. The summed E-state index contributed by atoms with van der Waals surface area (Å²) in [6.07, 6.45) is 0. The Bertz CT molecular complexity index is 1290. The second-order valence-corrected chi connectivity index (χ2v) is 6.88. The van der Waals surface area contributed by atoms with E-state index < -0.39 is 11.8 Å². The minimum atomic E-state index is -0.412. The number of nitrogens with one attached hydrogen (secondary N) is 2. The number of benzene rings is 3. The molecule has 1 aromatic heterocycles. The van der Waals surface area contributed by atoms with Crippen molar-refractivity contribution in [2.75, 3.05) is 24.9 Å². The van der Waals surface area contributed by atoms with Gasteiger partial charge in [0.05, 0.1) is 19.9 Å². The molecule has 0 bridgehead atoms. The summed E-state index contributed by atoms with van der Waals surface area (Å²) < 4.78 is 11.8. The van der Waals surface area contributed by atoms with Crippen molar-refractivity contribution >= 4 is 23.7 Å². The fraction of sp³-hybridized carbons (Fsp3) is 0.0833. The van der Waals surface area contributed by atoms with E-state index in [1.807, 2.05) is 30.3 Å². The van der Waals surface area contributed by atoms with Gasteiger partial charge in [-0.1, -0.05) is 30.3 Å². The van der Waals surface area contributed by atoms with E-state index in [0.29, 0.717) is 28.3 Å². The predicted octanol–water partition coefficient (Wildman–Crippen LogP) is 3.79. The molecule has 0 aliphatic heterocycles. The Morgan fingerprint density at radius 1 is 0.758 bits per heavy atom. The Balaban J connectivity index is 1.63. The van der Waals surface area contributed by atoms with E-state index in [-0.39, 0.29) is 11.9 Å². The zero-order valence-corrected chi connectivity index (χ0v) is 18.0. The summed E-state index contributed by atoms with van der Waals surface area (Å²) >= 11 is 0. The Labute approximate surface area is 190 Å². The van der Waals surface area contributed by atoms with Crippen molar-refractivity contribution in [3.8, 4) is 17.2 Å². The number of anilines is 2. The van der Waals surface area contributed by atoms with E-state index in [2.05, 4.69) is 20.7 Å². The van der Waals surface area contributed by atoms with Gasteiger partial charge in [0, 0.05) is 11.1 Å². The van der Waals surface area contributed by atoms with Gasteiger partial charge in [-0.3, -0.25) is 20.2 Å². The van der Waals surface area contributed by atoms with Crippen LogP contribution >= 0.6 is 0 Å². The maximum Gasteiger partial charge on any atom is 0.258 e. The molecular formula is C24H21N5O4. The maximum atomic E-state index is 12.8. The SMILES string of the molecule is COc1cccc(C(=O)Nc2nc(NC(=O)c3cccc(OC)c3)n(-c3ccccc3)n2)c1. The molecule has 0 radical (unpaired) electrons. The number of para-hydroxylation sites is 1. The molecule has 0 saturated carbocycles. The van der Waals surface area contributed by atoms with Crippen molar-refractivity contribution in [1.82, 2.24) is 14.8 Å². The highest BCUT2D eigenvalue weighted by Gasteiger charge is 2.18. The third-order valence-electron chi connectivity index (χ3n) is 4.72. The third kappa shape index (κ3) is 4.99. The molecule has 9 nitrogen and oxygen atoms in total. The molecule has 0 fully saturated rings. The topological polar surface area (TPSA) is 107 Å². The molecule has 4 rings (SSSR count). The lowest BCUT2D eigenvalue weighted by molar-refractivity contribution is 0.101. The van der Waals surface area contributed by atoms with Gasteiger partial charge in [0.25, 0.3) is 17.8 Å². The number of amides is 2. The van der Waals surface area contributed by atoms with Crippen molar-refractivity contribution < 1.29 is 19.1 Å². The standard InChI is InChI=1S/C24H21N5O4/c1-32-19-12-6-8-16(14-19)21(30)25-23-27-24(29(28-23)18-10-4-3-5-11-18)26-22(31)17-9-7-13-20(15-17)33-2/h3-15H,1-2H3,(H2,25,26,27,28,30,31). The molecule has 33 heavy (non-hydrogen) atoms. The molecule has 3 aromatic carbocycles. The van der Waals surface area contributed by atoms with Crippen LogP contribution in [0.5, 0.6) is 11.5 Å². The van der Waals surface area contributed by atoms with Crippen LogP contribution < -0.4 is 20.1 Å². The highest BCUT2D eigenvalue weighted by Crippen LogP contribution is 2.20. The number of hydrogen-bond donors (Lipinski definition) is 2. The van der Waals surface area contributed by atoms with Gasteiger partial charge in [-0.2, -0.15) is 9.67 Å². The van der Waals surface area contributed by atoms with Crippen LogP contribution in [-0.2, 0) is 0 Å². The first-order valence-electron chi connectivity index (χ1n) is 10.0. The van der Waals surface area contributed by atoms with Gasteiger partial charge in [0.1, 0.15) is 11.5 Å². The average Bonchev–Trinajstić information content (AvgIpc) is 3.26. The molecule has 0 atom stereocenters. The highest BCUT2D eigenvalue weighted by atomic mass is 16.5. The first kappa shape index (κ1) is 21.6. The Morgan fingerprint density at radius 3 is 1.91 bits per heavy atom. The molecule has 0 aliphatic rings. The smallest absolute Gasteiger partial charge is 0.258 e. The van der Waals surface area contributed by atoms with E-state index in [9.17, 15) is 9.59 Å². The Kier molecular flexibility index (Phi) is 6.31. The number of carbonyl (C=O) groups excluding carboxylic acids is 2. The van der Waals surface area contributed by atoms with Gasteiger partial charge in [-0.25, -0.2) is 0 Å². The predicted molar refractivity (Wildman–Crippen MR) is 123 cm³/mol. The molecule has 2 amide bonds. The molecule has 1 heterocycles. The Hall–Kier alpha value is -4.66. The van der Waals surface area contributed by atoms with E-state index >= 15 is 0 Å². The van der Waals surface area contributed by atoms with Crippen LogP contribution in [0.2, 0.25) is 0 Å². The number of carbonyl (C=O) groups is 2. The van der Waals surface area contributed by atoms with E-state index in [4.69, 9.17) is 9.47 Å². The van der Waals surface area contributed by atoms with E-state index in [0.717, 1.165) is 0 Å². The number of ether oxygens (including phenoxy) is 2. The second kappa shape index (κ2) is 9.65. The monoisotopic (exact) mass is 443 g/mol. The van der Waals surface area contributed by atoms with E-state index in [1.165, 1.54) is 18.9 Å². The molecule has 0 saturated heterocycles. The van der Waals surface area contributed by atoms with Crippen LogP contribution in [0.25, 0.3) is 5.69 Å². The summed E-state index contributed by atoms with van der Waals surface area (Å²) in [7, 11) is 3.05. The average molecular weight is 443 g/mol. The van der Waals surface area contributed by atoms with Gasteiger partial charge < -0.3 is 9.47 Å². The summed E-state index contributed by atoms with van der Waals surface area (Å²) in [4.78, 5) is 29.9. The first-order chi connectivity index (χ1) is 16.1. The van der Waals surface area contributed by atoms with Gasteiger partial charge in [-0.15, -0.1) is 5.10 Å². The molecule has 166 valence electrons. The van der Waals surface area contributed by atoms with Gasteiger partial charge in [-0.05, 0) is 48.5 Å². The summed E-state index contributed by atoms with van der Waals surface area (Å²) in [5, 5.41) is 9.79. The Morgan fingerprint density at radius 2 is 1.33 bits per heavy atom. The van der Waals surface area contributed by atoms with E-state index in [1.54, 1.807) is 48.5 Å². The largest absolute Gasteiger partial charge is 0.497 e. The van der Waals surface area contributed by atoms with Crippen molar-refractivity contribution in [2.45, 2.75) is 0 Å². The number of nitrogens with zero attached hydrogens (tertiary/aromatic N) is 3. The molecule has 4 aromatic rings. The molecule has 0 aliphatic carbocycles. The second-order valence-electron chi connectivity index (χ2n) is 6.88. The highest BCUT2D eigenvalue weighted by molar-refractivity contribution is 6.05. The lowest BCUT2D eigenvalue weighted by atomic mass is 10.2. The number of methoxy groups -OCH3 is 2. The van der Waals surface area contributed by atoms with Crippen LogP contribution in [-0.4, -0.2) is 40.8 Å². The molecule has 0 spiro atoms. The minimum Gasteiger partial charge on any atom is -0.497 e. The quantitative estimate of drug-likeness (QED) is 0.450. The summed E-state index contributed by atoms with van der Waals surface area (Å²) in [5.74, 6) is 0.478. The third-order valence-corrected chi connectivity index (χ3v) is 4.72. The number of hydrogen-bond acceptors (Lipinski definition) is 6. The summed E-state index contributed by atoms with van der Waals surface area (Å²) in [6.45, 7) is 0. The van der Waals surface area contributed by atoms with Crippen LogP contribution in [0, 0.1) is 0 Å². The summed E-state index contributed by atoms with van der Waals surface area (Å²) in [5.41, 5.74) is 1.43. The van der Waals surface area contributed by atoms with Crippen LogP contribution in [0.3, 0.4) is 0 Å². The lowest BCUT2D eigenvalue weighted by Gasteiger charge is -2.08. The summed E-state index contributed by atoms with van der Waals surface area (Å²) in [6, 6.07) is 22.6. The lowest BCUT2D eigenvalue weighted by Crippen LogP contribution is -2.16. The van der Waals surface area contributed by atoms with Gasteiger partial charge in [0.2, 0.25) is 5.95 Å². The first-order valence-corrected chi connectivity index (χ1v) is 10.0. The molecule has 9 heteroatoms. The van der Waals surface area contributed by atoms with Crippen LogP contribution in [0.1, 0.15) is 20.7 Å². The zero-order chi connectivity index (χ0) is 23.2. The van der Waals surface area contributed by atoms with Crippen molar-refractivity contribution in [1.29, 1.82) is 0 Å². The number of aromatic nitrogens is 3.